The Balaban J connectivity index is 1.95. The number of rotatable bonds is 3. The van der Waals surface area contributed by atoms with Crippen molar-refractivity contribution in [3.8, 4) is 0 Å². The number of anilines is 1. The SMILES string of the molecule is C[C@@H]1C[C@@H](C)CN(c2nc3c(c(=O)n(C)c(=O)n3C)n2Cc2ccc(F)cc2)C1. The molecule has 0 N–H and O–H groups in total. The van der Waals surface area contributed by atoms with E-state index in [0.29, 0.717) is 35.5 Å². The molecule has 1 aromatic carbocycles. The first-order valence-electron chi connectivity index (χ1n) is 9.92. The zero-order valence-electron chi connectivity index (χ0n) is 17.2. The summed E-state index contributed by atoms with van der Waals surface area (Å²) in [7, 11) is 3.11. The van der Waals surface area contributed by atoms with Crippen LogP contribution in [-0.4, -0.2) is 31.8 Å². The van der Waals surface area contributed by atoms with E-state index in [1.165, 1.54) is 23.7 Å². The first-order valence-corrected chi connectivity index (χ1v) is 9.92. The standard InChI is InChI=1S/C21H26FN5O2/c1-13-9-14(2)11-26(10-13)20-23-18-17(19(28)25(4)21(29)24(18)3)27(20)12-15-5-7-16(22)8-6-15/h5-8,13-14H,9-12H2,1-4H3/t13-,14-/m1/s1. The van der Waals surface area contributed by atoms with Gasteiger partial charge in [-0.2, -0.15) is 4.98 Å². The number of aromatic nitrogens is 4. The predicted octanol–water partition coefficient (Wildman–Crippen LogP) is 2.10. The number of halogens is 1. The molecular formula is C21H26FN5O2. The fraction of sp³-hybridized carbons (Fsp3) is 0.476. The molecule has 3 aromatic rings. The molecule has 0 spiro atoms. The number of piperidine rings is 1. The van der Waals surface area contributed by atoms with Gasteiger partial charge in [0, 0.05) is 27.2 Å². The van der Waals surface area contributed by atoms with E-state index in [4.69, 9.17) is 4.98 Å². The number of nitrogens with zero attached hydrogens (tertiary/aromatic N) is 5. The minimum absolute atomic E-state index is 0.304. The number of aryl methyl sites for hydroxylation is 1. The van der Waals surface area contributed by atoms with E-state index >= 15 is 0 Å². The lowest BCUT2D eigenvalue weighted by Crippen LogP contribution is -2.40. The van der Waals surface area contributed by atoms with Crippen molar-refractivity contribution in [2.75, 3.05) is 18.0 Å². The highest BCUT2D eigenvalue weighted by Crippen LogP contribution is 2.28. The lowest BCUT2D eigenvalue weighted by atomic mass is 9.92. The molecular weight excluding hydrogens is 373 g/mol. The summed E-state index contributed by atoms with van der Waals surface area (Å²) >= 11 is 0. The third kappa shape index (κ3) is 3.36. The molecule has 0 saturated carbocycles. The summed E-state index contributed by atoms with van der Waals surface area (Å²) in [5.74, 6) is 1.39. The molecule has 4 rings (SSSR count). The summed E-state index contributed by atoms with van der Waals surface area (Å²) in [4.78, 5) is 32.4. The maximum Gasteiger partial charge on any atom is 0.332 e. The van der Waals surface area contributed by atoms with Gasteiger partial charge < -0.3 is 4.90 Å². The van der Waals surface area contributed by atoms with Gasteiger partial charge in [-0.3, -0.25) is 18.5 Å². The number of fused-ring (bicyclic) bond motifs is 1. The summed E-state index contributed by atoms with van der Waals surface area (Å²) in [6.07, 6.45) is 1.15. The van der Waals surface area contributed by atoms with Crippen molar-refractivity contribution in [1.29, 1.82) is 0 Å². The summed E-state index contributed by atoms with van der Waals surface area (Å²) in [6.45, 7) is 6.48. The number of benzene rings is 1. The van der Waals surface area contributed by atoms with Crippen molar-refractivity contribution in [3.05, 3.63) is 56.5 Å². The van der Waals surface area contributed by atoms with Crippen LogP contribution in [0.4, 0.5) is 10.3 Å². The van der Waals surface area contributed by atoms with E-state index in [2.05, 4.69) is 18.7 Å². The van der Waals surface area contributed by atoms with Crippen LogP contribution >= 0.6 is 0 Å². The normalized spacial score (nSPS) is 19.8. The molecule has 8 heteroatoms. The molecule has 0 aliphatic carbocycles. The molecule has 0 bridgehead atoms. The second-order valence-corrected chi connectivity index (χ2v) is 8.35. The van der Waals surface area contributed by atoms with Gasteiger partial charge in [0.05, 0.1) is 6.54 Å². The summed E-state index contributed by atoms with van der Waals surface area (Å²) < 4.78 is 17.8. The van der Waals surface area contributed by atoms with Crippen molar-refractivity contribution in [2.45, 2.75) is 26.8 Å². The second kappa shape index (κ2) is 7.17. The van der Waals surface area contributed by atoms with Crippen LogP contribution in [0.5, 0.6) is 0 Å². The lowest BCUT2D eigenvalue weighted by molar-refractivity contribution is 0.352. The molecule has 2 atom stereocenters. The lowest BCUT2D eigenvalue weighted by Gasteiger charge is -2.35. The van der Waals surface area contributed by atoms with Gasteiger partial charge in [-0.1, -0.05) is 26.0 Å². The molecule has 7 nitrogen and oxygen atoms in total. The van der Waals surface area contributed by atoms with E-state index in [1.54, 1.807) is 19.2 Å². The highest BCUT2D eigenvalue weighted by Gasteiger charge is 2.28. The van der Waals surface area contributed by atoms with Gasteiger partial charge in [0.1, 0.15) is 5.82 Å². The van der Waals surface area contributed by atoms with Crippen LogP contribution in [0.1, 0.15) is 25.8 Å². The first-order chi connectivity index (χ1) is 13.8. The molecule has 0 unspecified atom stereocenters. The molecule has 1 aliphatic rings. The Bertz CT molecular complexity index is 1160. The predicted molar refractivity (Wildman–Crippen MR) is 111 cm³/mol. The Morgan fingerprint density at radius 1 is 1.03 bits per heavy atom. The molecule has 154 valence electrons. The van der Waals surface area contributed by atoms with E-state index in [1.807, 2.05) is 4.57 Å². The maximum atomic E-state index is 13.4. The Morgan fingerprint density at radius 3 is 2.28 bits per heavy atom. The Labute approximate surface area is 168 Å². The molecule has 1 aliphatic heterocycles. The minimum Gasteiger partial charge on any atom is -0.342 e. The van der Waals surface area contributed by atoms with E-state index < -0.39 is 5.69 Å². The summed E-state index contributed by atoms with van der Waals surface area (Å²) in [5, 5.41) is 0. The maximum absolute atomic E-state index is 13.4. The van der Waals surface area contributed by atoms with Gasteiger partial charge >= 0.3 is 5.69 Å². The van der Waals surface area contributed by atoms with Gasteiger partial charge in [0.15, 0.2) is 11.2 Å². The smallest absolute Gasteiger partial charge is 0.332 e. The number of hydrogen-bond donors (Lipinski definition) is 0. The van der Waals surface area contributed by atoms with Gasteiger partial charge in [0.25, 0.3) is 5.56 Å². The van der Waals surface area contributed by atoms with Gasteiger partial charge in [-0.25, -0.2) is 9.18 Å². The Hall–Kier alpha value is -2.90. The van der Waals surface area contributed by atoms with Gasteiger partial charge in [-0.05, 0) is 36.0 Å². The van der Waals surface area contributed by atoms with Crippen LogP contribution in [0.2, 0.25) is 0 Å². The quantitative estimate of drug-likeness (QED) is 0.677. The zero-order valence-corrected chi connectivity index (χ0v) is 17.2. The Kier molecular flexibility index (Phi) is 4.80. The van der Waals surface area contributed by atoms with Gasteiger partial charge in [-0.15, -0.1) is 0 Å². The zero-order chi connectivity index (χ0) is 20.9. The van der Waals surface area contributed by atoms with Crippen LogP contribution < -0.4 is 16.1 Å². The average molecular weight is 399 g/mol. The number of hydrogen-bond acceptors (Lipinski definition) is 4. The van der Waals surface area contributed by atoms with Crippen molar-refractivity contribution in [1.82, 2.24) is 18.7 Å². The highest BCUT2D eigenvalue weighted by atomic mass is 19.1. The van der Waals surface area contributed by atoms with Crippen molar-refractivity contribution in [3.63, 3.8) is 0 Å². The first kappa shape index (κ1) is 19.4. The van der Waals surface area contributed by atoms with E-state index in [9.17, 15) is 14.0 Å². The monoisotopic (exact) mass is 399 g/mol. The highest BCUT2D eigenvalue weighted by molar-refractivity contribution is 5.74. The van der Waals surface area contributed by atoms with E-state index in [-0.39, 0.29) is 11.4 Å². The number of imidazole rings is 1. The second-order valence-electron chi connectivity index (χ2n) is 8.35. The van der Waals surface area contributed by atoms with Crippen LogP contribution in [0.25, 0.3) is 11.2 Å². The third-order valence-corrected chi connectivity index (χ3v) is 5.73. The largest absolute Gasteiger partial charge is 0.342 e. The minimum atomic E-state index is -0.402. The van der Waals surface area contributed by atoms with Crippen LogP contribution in [0, 0.1) is 17.7 Å². The van der Waals surface area contributed by atoms with Crippen molar-refractivity contribution < 1.29 is 4.39 Å². The fourth-order valence-corrected chi connectivity index (χ4v) is 4.42. The van der Waals surface area contributed by atoms with Crippen LogP contribution in [0.15, 0.2) is 33.9 Å². The van der Waals surface area contributed by atoms with Crippen LogP contribution in [-0.2, 0) is 20.6 Å². The summed E-state index contributed by atoms with van der Waals surface area (Å²) in [5.41, 5.74) is 0.852. The Morgan fingerprint density at radius 2 is 1.66 bits per heavy atom. The third-order valence-electron chi connectivity index (χ3n) is 5.73. The molecule has 0 radical (unpaired) electrons. The molecule has 3 heterocycles. The fourth-order valence-electron chi connectivity index (χ4n) is 4.42. The van der Waals surface area contributed by atoms with Crippen LogP contribution in [0.3, 0.4) is 0 Å². The summed E-state index contributed by atoms with van der Waals surface area (Å²) in [6, 6.07) is 6.23. The van der Waals surface area contributed by atoms with Gasteiger partial charge in [0.2, 0.25) is 5.95 Å². The average Bonchev–Trinajstić information content (AvgIpc) is 3.05. The molecule has 0 amide bonds. The molecule has 29 heavy (non-hydrogen) atoms. The van der Waals surface area contributed by atoms with Crippen molar-refractivity contribution >= 4 is 17.1 Å². The molecule has 1 fully saturated rings. The van der Waals surface area contributed by atoms with E-state index in [0.717, 1.165) is 29.6 Å². The van der Waals surface area contributed by atoms with Crippen molar-refractivity contribution in [2.24, 2.45) is 25.9 Å². The molecule has 1 saturated heterocycles. The topological polar surface area (TPSA) is 65.1 Å². The molecule has 2 aromatic heterocycles.